The van der Waals surface area contributed by atoms with Gasteiger partial charge in [-0.1, -0.05) is 24.8 Å². The summed E-state index contributed by atoms with van der Waals surface area (Å²) < 4.78 is 5.87. The average Bonchev–Trinajstić information content (AvgIpc) is 2.92. The third-order valence-corrected chi connectivity index (χ3v) is 6.07. The largest absolute Gasteiger partial charge is 0.457 e. The Morgan fingerprint density at radius 3 is 2.58 bits per heavy atom. The Hall–Kier alpha value is -4.89. The number of anilines is 2. The number of nitriles is 2. The van der Waals surface area contributed by atoms with Crippen molar-refractivity contribution in [2.45, 2.75) is 12.8 Å². The fraction of sp³-hybridized carbons (Fsp3) is 0.222. The first-order valence-corrected chi connectivity index (χ1v) is 11.5. The molecule has 9 nitrogen and oxygen atoms in total. The van der Waals surface area contributed by atoms with Crippen LogP contribution >= 0.6 is 0 Å². The number of hydrogen-bond acceptors (Lipinski definition) is 8. The number of aromatic nitrogens is 2. The minimum absolute atomic E-state index is 0.0280. The molecule has 3 N–H and O–H groups in total. The minimum Gasteiger partial charge on any atom is -0.457 e. The molecule has 1 amide bonds. The Balaban J connectivity index is 1.41. The van der Waals surface area contributed by atoms with Crippen molar-refractivity contribution >= 4 is 17.5 Å². The van der Waals surface area contributed by atoms with Gasteiger partial charge in [0.1, 0.15) is 41.1 Å². The Labute approximate surface area is 209 Å². The van der Waals surface area contributed by atoms with E-state index >= 15 is 0 Å². The van der Waals surface area contributed by atoms with E-state index in [0.29, 0.717) is 59.8 Å². The first-order valence-electron chi connectivity index (χ1n) is 11.5. The second kappa shape index (κ2) is 11.0. The number of nitrogens with zero attached hydrogens (tertiary/aromatic N) is 5. The lowest BCUT2D eigenvalue weighted by Gasteiger charge is -2.32. The van der Waals surface area contributed by atoms with Crippen LogP contribution in [0.15, 0.2) is 67.0 Å². The van der Waals surface area contributed by atoms with E-state index in [0.717, 1.165) is 18.4 Å². The van der Waals surface area contributed by atoms with Gasteiger partial charge in [0.25, 0.3) is 5.91 Å². The number of rotatable bonds is 7. The molecule has 180 valence electrons. The number of hydrogen-bond donors (Lipinski definition) is 2. The van der Waals surface area contributed by atoms with Gasteiger partial charge < -0.3 is 20.7 Å². The Morgan fingerprint density at radius 2 is 1.89 bits per heavy atom. The molecule has 2 heterocycles. The molecule has 0 atom stereocenters. The lowest BCUT2D eigenvalue weighted by atomic mass is 9.96. The fourth-order valence-corrected chi connectivity index (χ4v) is 4.09. The van der Waals surface area contributed by atoms with Crippen LogP contribution in [-0.2, 0) is 4.79 Å². The van der Waals surface area contributed by atoms with Gasteiger partial charge in [-0.3, -0.25) is 4.79 Å². The van der Waals surface area contributed by atoms with E-state index in [-0.39, 0.29) is 11.5 Å². The number of nitrogens with two attached hydrogens (primary N) is 1. The number of nitrogen functional groups attached to an aromatic ring is 1. The molecule has 4 rings (SSSR count). The maximum Gasteiger partial charge on any atom is 0.263 e. The standard InChI is InChI=1S/C27H25N7O2/c1-18(14-28)27(35)34-11-9-19(10-12-34)16-31-26-24(25(30)32-17-33-26)21-5-7-22(8-6-21)36-23-4-2-3-20(13-23)15-29/h2-8,13,17,19H,1,9-12,16H2,(H3,30,31,32,33). The molecule has 0 radical (unpaired) electrons. The Morgan fingerprint density at radius 1 is 1.14 bits per heavy atom. The van der Waals surface area contributed by atoms with Crippen molar-refractivity contribution in [3.8, 4) is 34.8 Å². The van der Waals surface area contributed by atoms with Gasteiger partial charge in [-0.2, -0.15) is 10.5 Å². The predicted molar refractivity (Wildman–Crippen MR) is 136 cm³/mol. The van der Waals surface area contributed by atoms with Crippen LogP contribution in [0.1, 0.15) is 18.4 Å². The molecule has 1 saturated heterocycles. The van der Waals surface area contributed by atoms with Crippen LogP contribution in [0.4, 0.5) is 11.6 Å². The molecule has 0 spiro atoms. The Bertz CT molecular complexity index is 1350. The number of amides is 1. The molecule has 3 aromatic rings. The zero-order valence-corrected chi connectivity index (χ0v) is 19.6. The number of piperidine rings is 1. The molecular formula is C27H25N7O2. The molecule has 0 aliphatic carbocycles. The predicted octanol–water partition coefficient (Wildman–Crippen LogP) is 4.12. The summed E-state index contributed by atoms with van der Waals surface area (Å²) in [5.74, 6) is 2.25. The third-order valence-electron chi connectivity index (χ3n) is 6.07. The van der Waals surface area contributed by atoms with Gasteiger partial charge in [0, 0.05) is 19.6 Å². The van der Waals surface area contributed by atoms with E-state index in [1.165, 1.54) is 6.33 Å². The van der Waals surface area contributed by atoms with Crippen LogP contribution in [0.5, 0.6) is 11.5 Å². The number of ether oxygens (including phenoxy) is 1. The highest BCUT2D eigenvalue weighted by Gasteiger charge is 2.24. The SMILES string of the molecule is C=C(C#N)C(=O)N1CCC(CNc2ncnc(N)c2-c2ccc(Oc3cccc(C#N)c3)cc2)CC1. The number of carbonyl (C=O) groups is 1. The summed E-state index contributed by atoms with van der Waals surface area (Å²) in [5, 5.41) is 21.4. The zero-order valence-electron chi connectivity index (χ0n) is 19.6. The van der Waals surface area contributed by atoms with E-state index in [1.807, 2.05) is 30.3 Å². The van der Waals surface area contributed by atoms with E-state index in [4.69, 9.17) is 21.0 Å². The highest BCUT2D eigenvalue weighted by molar-refractivity contribution is 5.96. The molecule has 9 heteroatoms. The van der Waals surface area contributed by atoms with Crippen molar-refractivity contribution in [3.63, 3.8) is 0 Å². The summed E-state index contributed by atoms with van der Waals surface area (Å²) in [6, 6.07) is 18.3. The van der Waals surface area contributed by atoms with Crippen LogP contribution in [0.2, 0.25) is 0 Å². The Kier molecular flexibility index (Phi) is 7.42. The number of nitrogens with one attached hydrogen (secondary N) is 1. The molecule has 1 fully saturated rings. The van der Waals surface area contributed by atoms with Crippen molar-refractivity contribution < 1.29 is 9.53 Å². The van der Waals surface area contributed by atoms with Crippen LogP contribution in [0.25, 0.3) is 11.1 Å². The van der Waals surface area contributed by atoms with Crippen LogP contribution in [0, 0.1) is 28.6 Å². The number of carbonyl (C=O) groups excluding carboxylic acids is 1. The van der Waals surface area contributed by atoms with E-state index in [2.05, 4.69) is 27.9 Å². The summed E-state index contributed by atoms with van der Waals surface area (Å²) in [7, 11) is 0. The summed E-state index contributed by atoms with van der Waals surface area (Å²) in [4.78, 5) is 22.4. The molecule has 1 aliphatic heterocycles. The second-order valence-corrected chi connectivity index (χ2v) is 8.46. The minimum atomic E-state index is -0.292. The van der Waals surface area contributed by atoms with Gasteiger partial charge in [-0.25, -0.2) is 9.97 Å². The van der Waals surface area contributed by atoms with Crippen molar-refractivity contribution in [2.75, 3.05) is 30.7 Å². The summed E-state index contributed by atoms with van der Waals surface area (Å²) in [5.41, 5.74) is 8.26. The molecular weight excluding hydrogens is 454 g/mol. The number of likely N-dealkylation sites (tertiary alicyclic amines) is 1. The topological polar surface area (TPSA) is 141 Å². The lowest BCUT2D eigenvalue weighted by Crippen LogP contribution is -2.40. The molecule has 1 aromatic heterocycles. The maximum absolute atomic E-state index is 12.1. The first-order chi connectivity index (χ1) is 17.5. The van der Waals surface area contributed by atoms with Crippen molar-refractivity contribution in [2.24, 2.45) is 5.92 Å². The van der Waals surface area contributed by atoms with Crippen LogP contribution in [-0.4, -0.2) is 40.4 Å². The third kappa shape index (κ3) is 5.60. The lowest BCUT2D eigenvalue weighted by molar-refractivity contribution is -0.127. The summed E-state index contributed by atoms with van der Waals surface area (Å²) >= 11 is 0. The molecule has 0 unspecified atom stereocenters. The van der Waals surface area contributed by atoms with Gasteiger partial charge in [0.05, 0.1) is 17.2 Å². The van der Waals surface area contributed by atoms with Gasteiger partial charge in [0.15, 0.2) is 0 Å². The average molecular weight is 480 g/mol. The highest BCUT2D eigenvalue weighted by Crippen LogP contribution is 2.33. The van der Waals surface area contributed by atoms with Gasteiger partial charge in [-0.05, 0) is 54.7 Å². The normalized spacial score (nSPS) is 13.3. The maximum atomic E-state index is 12.1. The van der Waals surface area contributed by atoms with Gasteiger partial charge >= 0.3 is 0 Å². The van der Waals surface area contributed by atoms with E-state index < -0.39 is 0 Å². The quantitative estimate of drug-likeness (QED) is 0.381. The zero-order chi connectivity index (χ0) is 25.5. The van der Waals surface area contributed by atoms with Crippen LogP contribution in [0.3, 0.4) is 0 Å². The number of benzene rings is 2. The van der Waals surface area contributed by atoms with Crippen molar-refractivity contribution in [1.29, 1.82) is 10.5 Å². The summed E-state index contributed by atoms with van der Waals surface area (Å²) in [6.07, 6.45) is 3.05. The molecule has 0 saturated carbocycles. The van der Waals surface area contributed by atoms with Crippen molar-refractivity contribution in [1.82, 2.24) is 14.9 Å². The second-order valence-electron chi connectivity index (χ2n) is 8.46. The summed E-state index contributed by atoms with van der Waals surface area (Å²) in [6.45, 7) is 5.35. The van der Waals surface area contributed by atoms with Crippen LogP contribution < -0.4 is 15.8 Å². The molecule has 2 aromatic carbocycles. The van der Waals surface area contributed by atoms with Crippen molar-refractivity contribution in [3.05, 3.63) is 72.6 Å². The van der Waals surface area contributed by atoms with E-state index in [9.17, 15) is 4.79 Å². The molecule has 1 aliphatic rings. The molecule has 36 heavy (non-hydrogen) atoms. The molecule has 0 bridgehead atoms. The first kappa shape index (κ1) is 24.2. The highest BCUT2D eigenvalue weighted by atomic mass is 16.5. The fourth-order valence-electron chi connectivity index (χ4n) is 4.09. The monoisotopic (exact) mass is 479 g/mol. The van der Waals surface area contributed by atoms with Gasteiger partial charge in [0.2, 0.25) is 0 Å². The van der Waals surface area contributed by atoms with E-state index in [1.54, 1.807) is 29.2 Å². The smallest absolute Gasteiger partial charge is 0.263 e. The van der Waals surface area contributed by atoms with Gasteiger partial charge in [-0.15, -0.1) is 0 Å².